The third-order valence-corrected chi connectivity index (χ3v) is 4.46. The molecule has 0 radical (unpaired) electrons. The Balaban J connectivity index is 1.99. The number of hydrogen-bond acceptors (Lipinski definition) is 2. The lowest BCUT2D eigenvalue weighted by Gasteiger charge is -2.30. The highest BCUT2D eigenvalue weighted by Crippen LogP contribution is 2.21. The molecule has 1 N–H and O–H groups in total. The Kier molecular flexibility index (Phi) is 7.48. The summed E-state index contributed by atoms with van der Waals surface area (Å²) in [6.45, 7) is 12.1. The third-order valence-electron chi connectivity index (χ3n) is 4.46. The van der Waals surface area contributed by atoms with E-state index in [0.717, 1.165) is 32.7 Å². The molecule has 0 amide bonds. The minimum Gasteiger partial charge on any atom is -0.316 e. The van der Waals surface area contributed by atoms with Crippen LogP contribution in [0.5, 0.6) is 0 Å². The van der Waals surface area contributed by atoms with Gasteiger partial charge in [0.2, 0.25) is 0 Å². The monoisotopic (exact) mass is 324 g/mol. The van der Waals surface area contributed by atoms with Crippen LogP contribution in [0.2, 0.25) is 0 Å². The van der Waals surface area contributed by atoms with Crippen LogP contribution in [0, 0.1) is 5.41 Å². The Hall–Kier alpha value is -1.64. The van der Waals surface area contributed by atoms with Crippen LogP contribution in [-0.2, 0) is 13.1 Å². The van der Waals surface area contributed by atoms with Gasteiger partial charge in [0.15, 0.2) is 0 Å². The summed E-state index contributed by atoms with van der Waals surface area (Å²) in [7, 11) is 0. The second kappa shape index (κ2) is 9.61. The summed E-state index contributed by atoms with van der Waals surface area (Å²) in [5.74, 6) is 0. The maximum absolute atomic E-state index is 3.49. The summed E-state index contributed by atoms with van der Waals surface area (Å²) in [6, 6.07) is 21.6. The van der Waals surface area contributed by atoms with Gasteiger partial charge in [-0.25, -0.2) is 0 Å². The van der Waals surface area contributed by atoms with Crippen LogP contribution in [0.15, 0.2) is 60.7 Å². The highest BCUT2D eigenvalue weighted by molar-refractivity contribution is 5.17. The molecule has 2 nitrogen and oxygen atoms in total. The van der Waals surface area contributed by atoms with Gasteiger partial charge in [-0.2, -0.15) is 0 Å². The summed E-state index contributed by atoms with van der Waals surface area (Å²) in [4.78, 5) is 2.57. The lowest BCUT2D eigenvalue weighted by molar-refractivity contribution is 0.201. The van der Waals surface area contributed by atoms with E-state index in [9.17, 15) is 0 Å². The van der Waals surface area contributed by atoms with Crippen LogP contribution in [0.25, 0.3) is 0 Å². The number of nitrogens with one attached hydrogen (secondary N) is 1. The number of rotatable bonds is 10. The Morgan fingerprint density at radius 1 is 0.833 bits per heavy atom. The van der Waals surface area contributed by atoms with E-state index in [0.29, 0.717) is 5.41 Å². The van der Waals surface area contributed by atoms with Crippen molar-refractivity contribution in [3.05, 3.63) is 71.8 Å². The van der Waals surface area contributed by atoms with Gasteiger partial charge in [0, 0.05) is 19.6 Å². The largest absolute Gasteiger partial charge is 0.316 e. The Labute approximate surface area is 147 Å². The molecule has 0 aliphatic heterocycles. The van der Waals surface area contributed by atoms with Gasteiger partial charge in [-0.1, -0.05) is 81.4 Å². The smallest absolute Gasteiger partial charge is 0.0237 e. The van der Waals surface area contributed by atoms with Crippen molar-refractivity contribution in [1.82, 2.24) is 10.2 Å². The summed E-state index contributed by atoms with van der Waals surface area (Å²) >= 11 is 0. The molecule has 0 fully saturated rings. The zero-order valence-corrected chi connectivity index (χ0v) is 15.5. The van der Waals surface area contributed by atoms with Crippen LogP contribution in [0.3, 0.4) is 0 Å². The summed E-state index contributed by atoms with van der Waals surface area (Å²) in [5.41, 5.74) is 3.09. The van der Waals surface area contributed by atoms with Gasteiger partial charge in [0.25, 0.3) is 0 Å². The van der Waals surface area contributed by atoms with Gasteiger partial charge in [-0.3, -0.25) is 4.90 Å². The first-order valence-corrected chi connectivity index (χ1v) is 9.10. The number of nitrogens with zero attached hydrogens (tertiary/aromatic N) is 1. The maximum atomic E-state index is 3.49. The molecule has 0 atom stereocenters. The van der Waals surface area contributed by atoms with E-state index >= 15 is 0 Å². The van der Waals surface area contributed by atoms with Gasteiger partial charge in [0.1, 0.15) is 0 Å². The predicted molar refractivity (Wildman–Crippen MR) is 104 cm³/mol. The molecule has 2 heteroatoms. The van der Waals surface area contributed by atoms with Crippen molar-refractivity contribution in [1.29, 1.82) is 0 Å². The lowest BCUT2D eigenvalue weighted by atomic mass is 9.89. The lowest BCUT2D eigenvalue weighted by Crippen LogP contribution is -2.34. The first-order chi connectivity index (χ1) is 11.6. The van der Waals surface area contributed by atoms with Crippen molar-refractivity contribution in [2.24, 2.45) is 5.41 Å². The molecule has 2 rings (SSSR count). The summed E-state index contributed by atoms with van der Waals surface area (Å²) < 4.78 is 0. The van der Waals surface area contributed by atoms with Gasteiger partial charge in [0.05, 0.1) is 0 Å². The van der Waals surface area contributed by atoms with Crippen LogP contribution in [0.4, 0.5) is 0 Å². The molecule has 0 aliphatic carbocycles. The maximum Gasteiger partial charge on any atom is 0.0237 e. The predicted octanol–water partition coefficient (Wildman–Crippen LogP) is 4.71. The van der Waals surface area contributed by atoms with Gasteiger partial charge < -0.3 is 5.32 Å². The number of hydrogen-bond donors (Lipinski definition) is 1. The van der Waals surface area contributed by atoms with E-state index in [1.807, 2.05) is 0 Å². The summed E-state index contributed by atoms with van der Waals surface area (Å²) in [6.07, 6.45) is 1.19. The quantitative estimate of drug-likeness (QED) is 0.680. The van der Waals surface area contributed by atoms with Crippen molar-refractivity contribution >= 4 is 0 Å². The fourth-order valence-electron chi connectivity index (χ4n) is 2.91. The minimum atomic E-state index is 0.321. The molecule has 0 bridgehead atoms. The van der Waals surface area contributed by atoms with E-state index in [1.165, 1.54) is 17.5 Å². The number of benzene rings is 2. The van der Waals surface area contributed by atoms with E-state index in [2.05, 4.69) is 91.7 Å². The Bertz CT molecular complexity index is 522. The van der Waals surface area contributed by atoms with E-state index in [4.69, 9.17) is 0 Å². The van der Waals surface area contributed by atoms with Gasteiger partial charge in [-0.05, 0) is 36.1 Å². The average Bonchev–Trinajstić information content (AvgIpc) is 2.60. The zero-order valence-electron chi connectivity index (χ0n) is 15.5. The highest BCUT2D eigenvalue weighted by Gasteiger charge is 2.19. The van der Waals surface area contributed by atoms with E-state index in [-0.39, 0.29) is 0 Å². The molecule has 2 aromatic rings. The van der Waals surface area contributed by atoms with E-state index < -0.39 is 0 Å². The fraction of sp³-hybridized carbons (Fsp3) is 0.455. The van der Waals surface area contributed by atoms with E-state index in [1.54, 1.807) is 0 Å². The third kappa shape index (κ3) is 6.86. The minimum absolute atomic E-state index is 0.321. The molecule has 0 heterocycles. The molecule has 0 saturated heterocycles. The first kappa shape index (κ1) is 18.7. The molecule has 0 aliphatic rings. The second-order valence-electron chi connectivity index (χ2n) is 7.38. The van der Waals surface area contributed by atoms with Crippen molar-refractivity contribution < 1.29 is 0 Å². The Morgan fingerprint density at radius 3 is 1.79 bits per heavy atom. The SMILES string of the molecule is CCNCC(C)(C)CCN(Cc1ccccc1)Cc1ccccc1. The van der Waals surface area contributed by atoms with Crippen molar-refractivity contribution in [2.45, 2.75) is 40.3 Å². The Morgan fingerprint density at radius 2 is 1.33 bits per heavy atom. The molecule has 0 spiro atoms. The highest BCUT2D eigenvalue weighted by atomic mass is 15.1. The first-order valence-electron chi connectivity index (χ1n) is 9.10. The van der Waals surface area contributed by atoms with Crippen molar-refractivity contribution in [2.75, 3.05) is 19.6 Å². The molecule has 24 heavy (non-hydrogen) atoms. The van der Waals surface area contributed by atoms with Crippen molar-refractivity contribution in [3.8, 4) is 0 Å². The summed E-state index contributed by atoms with van der Waals surface area (Å²) in [5, 5.41) is 3.49. The second-order valence-corrected chi connectivity index (χ2v) is 7.38. The normalized spacial score (nSPS) is 11.8. The molecule has 0 saturated carbocycles. The molecule has 0 aromatic heterocycles. The van der Waals surface area contributed by atoms with Gasteiger partial charge >= 0.3 is 0 Å². The molecule has 130 valence electrons. The van der Waals surface area contributed by atoms with Gasteiger partial charge in [-0.15, -0.1) is 0 Å². The van der Waals surface area contributed by atoms with Crippen LogP contribution < -0.4 is 5.32 Å². The fourth-order valence-corrected chi connectivity index (χ4v) is 2.91. The van der Waals surface area contributed by atoms with Crippen LogP contribution >= 0.6 is 0 Å². The van der Waals surface area contributed by atoms with Crippen LogP contribution in [-0.4, -0.2) is 24.5 Å². The molecule has 2 aromatic carbocycles. The zero-order chi connectivity index (χ0) is 17.3. The van der Waals surface area contributed by atoms with Crippen LogP contribution in [0.1, 0.15) is 38.3 Å². The molecular weight excluding hydrogens is 292 g/mol. The average molecular weight is 325 g/mol. The standard InChI is InChI=1S/C22H32N2/c1-4-23-19-22(2,3)15-16-24(17-20-11-7-5-8-12-20)18-21-13-9-6-10-14-21/h5-14,23H,4,15-19H2,1-3H3. The molecular formula is C22H32N2. The van der Waals surface area contributed by atoms with Crippen molar-refractivity contribution in [3.63, 3.8) is 0 Å². The topological polar surface area (TPSA) is 15.3 Å². The molecule has 0 unspecified atom stereocenters.